The maximum atomic E-state index is 13.7. The molecule has 0 saturated heterocycles. The Kier molecular flexibility index (Phi) is 6.74. The van der Waals surface area contributed by atoms with Crippen LogP contribution in [0.1, 0.15) is 18.5 Å². The number of benzene rings is 2. The number of allylic oxidation sites excluding steroid dienone is 1. The number of nitrogens with one attached hydrogen (secondary N) is 2. The predicted octanol–water partition coefficient (Wildman–Crippen LogP) is 4.44. The van der Waals surface area contributed by atoms with Crippen molar-refractivity contribution in [3.8, 4) is 17.2 Å². The molecule has 1 aliphatic rings. The number of ether oxygens (including phenoxy) is 3. The van der Waals surface area contributed by atoms with E-state index in [1.165, 1.54) is 20.5 Å². The maximum Gasteiger partial charge on any atom is 0.255 e. The zero-order valence-corrected chi connectivity index (χ0v) is 19.7. The molecule has 2 aromatic carbocycles. The molecule has 0 bridgehead atoms. The van der Waals surface area contributed by atoms with E-state index in [9.17, 15) is 4.79 Å². The first-order valence-electron chi connectivity index (χ1n) is 10.4. The number of hydrogen-bond acceptors (Lipinski definition) is 7. The Morgan fingerprint density at radius 1 is 1.24 bits per heavy atom. The molecule has 2 N–H and O–H groups in total. The van der Waals surface area contributed by atoms with E-state index < -0.39 is 6.04 Å². The number of rotatable bonds is 8. The molecule has 0 unspecified atom stereocenters. The summed E-state index contributed by atoms with van der Waals surface area (Å²) < 4.78 is 18.3. The monoisotopic (exact) mass is 481 g/mol. The lowest BCUT2D eigenvalue weighted by atomic mass is 9.94. The maximum absolute atomic E-state index is 13.7. The van der Waals surface area contributed by atoms with Crippen LogP contribution in [0.3, 0.4) is 0 Å². The Labute approximate surface area is 202 Å². The molecule has 4 rings (SSSR count). The van der Waals surface area contributed by atoms with Gasteiger partial charge in [-0.2, -0.15) is 10.1 Å². The number of carbonyl (C=O) groups excluding carboxylic acids is 1. The van der Waals surface area contributed by atoms with Crippen LogP contribution in [0.4, 0.5) is 11.6 Å². The topological polar surface area (TPSA) is 99.5 Å². The number of para-hydroxylation sites is 1. The van der Waals surface area contributed by atoms with Gasteiger partial charge in [0.2, 0.25) is 5.95 Å². The molecule has 176 valence electrons. The molecule has 3 aromatic rings. The molecule has 0 radical (unpaired) electrons. The average molecular weight is 482 g/mol. The second-order valence-electron chi connectivity index (χ2n) is 7.37. The van der Waals surface area contributed by atoms with Crippen LogP contribution < -0.4 is 24.8 Å². The van der Waals surface area contributed by atoms with Crippen LogP contribution in [-0.4, -0.2) is 41.5 Å². The summed E-state index contributed by atoms with van der Waals surface area (Å²) in [5.41, 5.74) is 2.22. The number of anilines is 2. The lowest BCUT2D eigenvalue weighted by molar-refractivity contribution is -0.113. The number of hydrogen-bond donors (Lipinski definition) is 2. The third kappa shape index (κ3) is 4.29. The molecule has 0 saturated carbocycles. The predicted molar refractivity (Wildman–Crippen MR) is 130 cm³/mol. The van der Waals surface area contributed by atoms with Gasteiger partial charge in [-0.05, 0) is 13.0 Å². The highest BCUT2D eigenvalue weighted by molar-refractivity contribution is 6.32. The van der Waals surface area contributed by atoms with Gasteiger partial charge in [-0.3, -0.25) is 4.79 Å². The molecule has 2 heterocycles. The molecule has 0 fully saturated rings. The van der Waals surface area contributed by atoms with Gasteiger partial charge in [-0.25, -0.2) is 4.68 Å². The van der Waals surface area contributed by atoms with E-state index in [4.69, 9.17) is 25.8 Å². The third-order valence-corrected chi connectivity index (χ3v) is 5.63. The fourth-order valence-electron chi connectivity index (χ4n) is 3.81. The van der Waals surface area contributed by atoms with Crippen LogP contribution in [0.25, 0.3) is 0 Å². The van der Waals surface area contributed by atoms with E-state index in [0.29, 0.717) is 51.8 Å². The summed E-state index contributed by atoms with van der Waals surface area (Å²) in [7, 11) is 3.00. The molecular formula is C24H24ClN5O4. The molecule has 10 heteroatoms. The van der Waals surface area contributed by atoms with Gasteiger partial charge < -0.3 is 24.8 Å². The number of fused-ring (bicyclic) bond motifs is 1. The SMILES string of the molecule is C=CCOc1ccccc1[C@@H]1C(C(=O)Nc2cc(OC)c(Cl)cc2OC)=C(C)Nc2ncnn21. The Morgan fingerprint density at radius 3 is 2.74 bits per heavy atom. The highest BCUT2D eigenvalue weighted by atomic mass is 35.5. The van der Waals surface area contributed by atoms with Gasteiger partial charge in [0.15, 0.2) is 0 Å². The Balaban J connectivity index is 1.79. The van der Waals surface area contributed by atoms with E-state index >= 15 is 0 Å². The van der Waals surface area contributed by atoms with E-state index in [1.807, 2.05) is 31.2 Å². The summed E-state index contributed by atoms with van der Waals surface area (Å²) in [6.07, 6.45) is 3.10. The number of aromatic nitrogens is 3. The van der Waals surface area contributed by atoms with Crippen molar-refractivity contribution in [2.45, 2.75) is 13.0 Å². The Bertz CT molecular complexity index is 1270. The normalized spacial score (nSPS) is 14.6. The van der Waals surface area contributed by atoms with E-state index in [0.717, 1.165) is 5.56 Å². The number of amides is 1. The Morgan fingerprint density at radius 2 is 2.00 bits per heavy atom. The quantitative estimate of drug-likeness (QED) is 0.459. The van der Waals surface area contributed by atoms with Crippen molar-refractivity contribution >= 4 is 29.1 Å². The van der Waals surface area contributed by atoms with Crippen molar-refractivity contribution in [3.63, 3.8) is 0 Å². The van der Waals surface area contributed by atoms with Gasteiger partial charge in [-0.1, -0.05) is 42.5 Å². The van der Waals surface area contributed by atoms with E-state index in [1.54, 1.807) is 22.9 Å². The molecule has 0 spiro atoms. The van der Waals surface area contributed by atoms with Gasteiger partial charge in [-0.15, -0.1) is 0 Å². The van der Waals surface area contributed by atoms with Crippen LogP contribution >= 0.6 is 11.6 Å². The van der Waals surface area contributed by atoms with Crippen LogP contribution in [-0.2, 0) is 4.79 Å². The van der Waals surface area contributed by atoms with E-state index in [-0.39, 0.29) is 5.91 Å². The lowest BCUT2D eigenvalue weighted by Crippen LogP contribution is -2.32. The fourth-order valence-corrected chi connectivity index (χ4v) is 4.04. The van der Waals surface area contributed by atoms with Gasteiger partial charge in [0, 0.05) is 23.4 Å². The van der Waals surface area contributed by atoms with Crippen molar-refractivity contribution in [2.24, 2.45) is 0 Å². The van der Waals surface area contributed by atoms with Crippen molar-refractivity contribution in [1.82, 2.24) is 14.8 Å². The van der Waals surface area contributed by atoms with Crippen molar-refractivity contribution in [2.75, 3.05) is 31.5 Å². The minimum Gasteiger partial charge on any atom is -0.495 e. The second-order valence-corrected chi connectivity index (χ2v) is 7.78. The highest BCUT2D eigenvalue weighted by Gasteiger charge is 2.35. The number of carbonyl (C=O) groups is 1. The minimum absolute atomic E-state index is 0.318. The smallest absolute Gasteiger partial charge is 0.255 e. The first kappa shape index (κ1) is 23.2. The number of methoxy groups -OCH3 is 2. The summed E-state index contributed by atoms with van der Waals surface area (Å²) in [5.74, 6) is 1.57. The van der Waals surface area contributed by atoms with Gasteiger partial charge in [0.1, 0.15) is 36.2 Å². The van der Waals surface area contributed by atoms with Crippen molar-refractivity contribution < 1.29 is 19.0 Å². The van der Waals surface area contributed by atoms with E-state index in [2.05, 4.69) is 27.3 Å². The minimum atomic E-state index is -0.597. The van der Waals surface area contributed by atoms with Crippen LogP contribution in [0.15, 0.2) is 66.7 Å². The van der Waals surface area contributed by atoms with Gasteiger partial charge >= 0.3 is 0 Å². The second kappa shape index (κ2) is 9.88. The standard InChI is InChI=1S/C24H24ClN5O4/c1-5-10-34-18-9-7-6-8-15(18)22-21(14(2)28-24-26-13-27-30(22)24)23(31)29-17-12-19(32-3)16(25)11-20(17)33-4/h5-9,11-13,22H,1,10H2,2-4H3,(H,29,31)(H,26,27,28)/t22-/m1/s1. The summed E-state index contributed by atoms with van der Waals surface area (Å²) in [5, 5.41) is 10.8. The molecule has 34 heavy (non-hydrogen) atoms. The summed E-state index contributed by atoms with van der Waals surface area (Å²) in [6.45, 7) is 5.85. The molecule has 1 aromatic heterocycles. The molecule has 1 aliphatic heterocycles. The fraction of sp³-hybridized carbons (Fsp3) is 0.208. The van der Waals surface area contributed by atoms with Crippen molar-refractivity contribution in [3.05, 3.63) is 77.2 Å². The van der Waals surface area contributed by atoms with Crippen LogP contribution in [0.2, 0.25) is 5.02 Å². The summed E-state index contributed by atoms with van der Waals surface area (Å²) >= 11 is 6.22. The Hall–Kier alpha value is -3.98. The van der Waals surface area contributed by atoms with Crippen LogP contribution in [0.5, 0.6) is 17.2 Å². The molecule has 1 amide bonds. The first-order chi connectivity index (χ1) is 16.5. The van der Waals surface area contributed by atoms with Gasteiger partial charge in [0.25, 0.3) is 5.91 Å². The molecule has 9 nitrogen and oxygen atoms in total. The number of nitrogens with zero attached hydrogens (tertiary/aromatic N) is 3. The zero-order valence-electron chi connectivity index (χ0n) is 19.0. The zero-order chi connectivity index (χ0) is 24.2. The molecule has 1 atom stereocenters. The van der Waals surface area contributed by atoms with Crippen LogP contribution in [0, 0.1) is 0 Å². The summed E-state index contributed by atoms with van der Waals surface area (Å²) in [4.78, 5) is 18.0. The number of halogens is 1. The highest BCUT2D eigenvalue weighted by Crippen LogP contribution is 2.41. The third-order valence-electron chi connectivity index (χ3n) is 5.33. The summed E-state index contributed by atoms with van der Waals surface area (Å²) in [6, 6.07) is 10.1. The van der Waals surface area contributed by atoms with Gasteiger partial charge in [0.05, 0.1) is 30.5 Å². The first-order valence-corrected chi connectivity index (χ1v) is 10.8. The lowest BCUT2D eigenvalue weighted by Gasteiger charge is -2.29. The molecular weight excluding hydrogens is 458 g/mol. The van der Waals surface area contributed by atoms with Crippen molar-refractivity contribution in [1.29, 1.82) is 0 Å². The molecule has 0 aliphatic carbocycles. The average Bonchev–Trinajstić information content (AvgIpc) is 3.30. The largest absolute Gasteiger partial charge is 0.495 e.